The van der Waals surface area contributed by atoms with Gasteiger partial charge in [-0.2, -0.15) is 13.2 Å². The molecule has 19 heavy (non-hydrogen) atoms. The van der Waals surface area contributed by atoms with Gasteiger partial charge < -0.3 is 5.32 Å². The van der Waals surface area contributed by atoms with E-state index >= 15 is 0 Å². The van der Waals surface area contributed by atoms with E-state index in [1.165, 1.54) is 12.1 Å². The van der Waals surface area contributed by atoms with Crippen LogP contribution in [0.15, 0.2) is 18.2 Å². The van der Waals surface area contributed by atoms with Gasteiger partial charge in [0.05, 0.1) is 16.3 Å². The first kappa shape index (κ1) is 16.2. The molecule has 0 fully saturated rings. The highest BCUT2D eigenvalue weighted by atomic mass is 35.5. The van der Waals surface area contributed by atoms with Gasteiger partial charge in [-0.1, -0.05) is 43.9 Å². The molecule has 0 spiro atoms. The van der Waals surface area contributed by atoms with Gasteiger partial charge in [-0.05, 0) is 25.5 Å². The Labute approximate surface area is 117 Å². The molecule has 0 aromatic heterocycles. The Kier molecular flexibility index (Phi) is 5.98. The molecule has 1 N–H and O–H groups in total. The zero-order valence-electron chi connectivity index (χ0n) is 11.1. The van der Waals surface area contributed by atoms with Gasteiger partial charge >= 0.3 is 6.18 Å². The van der Waals surface area contributed by atoms with Crippen molar-refractivity contribution in [1.29, 1.82) is 0 Å². The molecule has 1 aromatic rings. The van der Waals surface area contributed by atoms with Crippen LogP contribution in [-0.4, -0.2) is 6.04 Å². The number of hydrogen-bond acceptors (Lipinski definition) is 1. The van der Waals surface area contributed by atoms with E-state index in [-0.39, 0.29) is 16.8 Å². The maximum atomic E-state index is 12.9. The lowest BCUT2D eigenvalue weighted by atomic mass is 10.1. The lowest BCUT2D eigenvalue weighted by Crippen LogP contribution is -2.19. The molecule has 0 heterocycles. The zero-order chi connectivity index (χ0) is 14.5. The molecule has 5 heteroatoms. The highest BCUT2D eigenvalue weighted by molar-refractivity contribution is 6.33. The Bertz CT molecular complexity index is 404. The summed E-state index contributed by atoms with van der Waals surface area (Å²) in [5.74, 6) is 0. The summed E-state index contributed by atoms with van der Waals surface area (Å²) in [5, 5.41) is 3.00. The normalized spacial score (nSPS) is 13.4. The minimum atomic E-state index is -4.39. The van der Waals surface area contributed by atoms with Crippen LogP contribution in [0.1, 0.15) is 45.1 Å². The molecular formula is C14H19ClF3N. The zero-order valence-corrected chi connectivity index (χ0v) is 11.9. The quantitative estimate of drug-likeness (QED) is 0.660. The summed E-state index contributed by atoms with van der Waals surface area (Å²) >= 11 is 5.88. The SMILES string of the molecule is CCCCCC(C)Nc1c(Cl)cccc1C(F)(F)F. The van der Waals surface area contributed by atoms with Gasteiger partial charge in [0.15, 0.2) is 0 Å². The molecule has 108 valence electrons. The van der Waals surface area contributed by atoms with Gasteiger partial charge in [-0.3, -0.25) is 0 Å². The van der Waals surface area contributed by atoms with Crippen LogP contribution < -0.4 is 5.32 Å². The van der Waals surface area contributed by atoms with Crippen LogP contribution in [0, 0.1) is 0 Å². The van der Waals surface area contributed by atoms with E-state index in [0.717, 1.165) is 31.7 Å². The molecule has 1 rings (SSSR count). The number of anilines is 1. The number of nitrogens with one attached hydrogen (secondary N) is 1. The molecule has 0 saturated heterocycles. The lowest BCUT2D eigenvalue weighted by Gasteiger charge is -2.20. The van der Waals surface area contributed by atoms with E-state index in [2.05, 4.69) is 12.2 Å². The summed E-state index contributed by atoms with van der Waals surface area (Å²) in [7, 11) is 0. The number of benzene rings is 1. The van der Waals surface area contributed by atoms with E-state index in [1.807, 2.05) is 6.92 Å². The van der Waals surface area contributed by atoms with Crippen LogP contribution in [0.2, 0.25) is 5.02 Å². The van der Waals surface area contributed by atoms with Crippen molar-refractivity contribution < 1.29 is 13.2 Å². The summed E-state index contributed by atoms with van der Waals surface area (Å²) in [6.07, 6.45) is -0.392. The number of hydrogen-bond donors (Lipinski definition) is 1. The number of rotatable bonds is 6. The van der Waals surface area contributed by atoms with Crippen molar-refractivity contribution in [1.82, 2.24) is 0 Å². The summed E-state index contributed by atoms with van der Waals surface area (Å²) in [6.45, 7) is 3.97. The van der Waals surface area contributed by atoms with E-state index in [1.54, 1.807) is 0 Å². The number of alkyl halides is 3. The number of para-hydroxylation sites is 1. The Morgan fingerprint density at radius 3 is 2.53 bits per heavy atom. The van der Waals surface area contributed by atoms with Crippen LogP contribution >= 0.6 is 11.6 Å². The first-order chi connectivity index (χ1) is 8.86. The summed E-state index contributed by atoms with van der Waals surface area (Å²) in [6, 6.07) is 3.80. The third kappa shape index (κ3) is 4.94. The Balaban J connectivity index is 2.82. The summed E-state index contributed by atoms with van der Waals surface area (Å²) < 4.78 is 38.7. The van der Waals surface area contributed by atoms with Crippen molar-refractivity contribution in [3.63, 3.8) is 0 Å². The van der Waals surface area contributed by atoms with Gasteiger partial charge in [0.2, 0.25) is 0 Å². The van der Waals surface area contributed by atoms with Crippen molar-refractivity contribution in [2.45, 2.75) is 51.7 Å². The third-order valence-corrected chi connectivity index (χ3v) is 3.27. The van der Waals surface area contributed by atoms with Crippen LogP contribution in [0.25, 0.3) is 0 Å². The standard InChI is InChI=1S/C14H19ClF3N/c1-3-4-5-7-10(2)19-13-11(14(16,17)18)8-6-9-12(13)15/h6,8-10,19H,3-5,7H2,1-2H3. The monoisotopic (exact) mass is 293 g/mol. The number of halogens is 4. The van der Waals surface area contributed by atoms with E-state index in [9.17, 15) is 13.2 Å². The molecule has 1 aromatic carbocycles. The van der Waals surface area contributed by atoms with Gasteiger partial charge in [-0.25, -0.2) is 0 Å². The fraction of sp³-hybridized carbons (Fsp3) is 0.571. The molecule has 0 aliphatic rings. The highest BCUT2D eigenvalue weighted by Crippen LogP contribution is 2.38. The second kappa shape index (κ2) is 7.04. The first-order valence-electron chi connectivity index (χ1n) is 6.48. The van der Waals surface area contributed by atoms with Gasteiger partial charge in [0, 0.05) is 6.04 Å². The second-order valence-corrected chi connectivity index (χ2v) is 5.11. The predicted octanol–water partition coefficient (Wildman–Crippen LogP) is 5.74. The third-order valence-electron chi connectivity index (χ3n) is 2.95. The van der Waals surface area contributed by atoms with Crippen molar-refractivity contribution in [3.05, 3.63) is 28.8 Å². The largest absolute Gasteiger partial charge is 0.418 e. The van der Waals surface area contributed by atoms with Crippen molar-refractivity contribution >= 4 is 17.3 Å². The van der Waals surface area contributed by atoms with Gasteiger partial charge in [-0.15, -0.1) is 0 Å². The second-order valence-electron chi connectivity index (χ2n) is 4.70. The van der Waals surface area contributed by atoms with E-state index < -0.39 is 11.7 Å². The predicted molar refractivity (Wildman–Crippen MR) is 73.7 cm³/mol. The van der Waals surface area contributed by atoms with Crippen molar-refractivity contribution in [3.8, 4) is 0 Å². The fourth-order valence-electron chi connectivity index (χ4n) is 1.93. The Morgan fingerprint density at radius 1 is 1.26 bits per heavy atom. The first-order valence-corrected chi connectivity index (χ1v) is 6.86. The maximum Gasteiger partial charge on any atom is 0.418 e. The van der Waals surface area contributed by atoms with Gasteiger partial charge in [0.25, 0.3) is 0 Å². The molecule has 0 saturated carbocycles. The molecule has 0 amide bonds. The molecule has 1 nitrogen and oxygen atoms in total. The Morgan fingerprint density at radius 2 is 1.95 bits per heavy atom. The van der Waals surface area contributed by atoms with E-state index in [4.69, 9.17) is 11.6 Å². The molecule has 0 radical (unpaired) electrons. The van der Waals surface area contributed by atoms with Gasteiger partial charge in [0.1, 0.15) is 0 Å². The average molecular weight is 294 g/mol. The van der Waals surface area contributed by atoms with Crippen LogP contribution in [0.4, 0.5) is 18.9 Å². The van der Waals surface area contributed by atoms with Crippen LogP contribution in [0.5, 0.6) is 0 Å². The molecule has 0 aliphatic heterocycles. The van der Waals surface area contributed by atoms with Crippen LogP contribution in [-0.2, 0) is 6.18 Å². The Hall–Kier alpha value is -0.900. The minimum absolute atomic E-state index is 0.0133. The highest BCUT2D eigenvalue weighted by Gasteiger charge is 2.34. The molecule has 0 aliphatic carbocycles. The fourth-order valence-corrected chi connectivity index (χ4v) is 2.16. The summed E-state index contributed by atoms with van der Waals surface area (Å²) in [4.78, 5) is 0. The van der Waals surface area contributed by atoms with E-state index in [0.29, 0.717) is 0 Å². The van der Waals surface area contributed by atoms with Crippen molar-refractivity contribution in [2.24, 2.45) is 0 Å². The van der Waals surface area contributed by atoms with Crippen LogP contribution in [0.3, 0.4) is 0 Å². The topological polar surface area (TPSA) is 12.0 Å². The lowest BCUT2D eigenvalue weighted by molar-refractivity contribution is -0.137. The molecule has 1 unspecified atom stereocenters. The maximum absolute atomic E-state index is 12.9. The molecule has 1 atom stereocenters. The number of unbranched alkanes of at least 4 members (excludes halogenated alkanes) is 2. The average Bonchev–Trinajstić information content (AvgIpc) is 2.30. The minimum Gasteiger partial charge on any atom is -0.381 e. The molecular weight excluding hydrogens is 275 g/mol. The molecule has 0 bridgehead atoms. The van der Waals surface area contributed by atoms with Crippen molar-refractivity contribution in [2.75, 3.05) is 5.32 Å². The summed E-state index contributed by atoms with van der Waals surface area (Å²) in [5.41, 5.74) is -0.719. The smallest absolute Gasteiger partial charge is 0.381 e.